The maximum atomic E-state index is 5.71. The molecule has 0 bridgehead atoms. The minimum Gasteiger partial charge on any atom is -0.397 e. The molecule has 3 nitrogen and oxygen atoms in total. The zero-order valence-corrected chi connectivity index (χ0v) is 10.1. The average Bonchev–Trinajstić information content (AvgIpc) is 2.76. The fraction of sp³-hybridized carbons (Fsp3) is 0.250. The SMILES string of the molecule is Cc1cc(NCCc2ccsc2)ncc1N. The lowest BCUT2D eigenvalue weighted by molar-refractivity contribution is 1.01. The molecule has 2 aromatic rings. The second-order valence-electron chi connectivity index (χ2n) is 3.73. The van der Waals surface area contributed by atoms with Crippen LogP contribution in [0.15, 0.2) is 29.1 Å². The van der Waals surface area contributed by atoms with E-state index in [9.17, 15) is 0 Å². The number of pyridine rings is 1. The van der Waals surface area contributed by atoms with Gasteiger partial charge in [-0.25, -0.2) is 4.98 Å². The van der Waals surface area contributed by atoms with Crippen molar-refractivity contribution < 1.29 is 0 Å². The van der Waals surface area contributed by atoms with E-state index < -0.39 is 0 Å². The van der Waals surface area contributed by atoms with Crippen molar-refractivity contribution in [2.24, 2.45) is 0 Å². The molecule has 0 saturated carbocycles. The summed E-state index contributed by atoms with van der Waals surface area (Å²) in [6.45, 7) is 2.88. The number of nitrogens with two attached hydrogens (primary N) is 1. The number of aromatic nitrogens is 1. The minimum absolute atomic E-state index is 0.739. The normalized spacial score (nSPS) is 10.3. The third-order valence-electron chi connectivity index (χ3n) is 2.45. The predicted octanol–water partition coefficient (Wildman–Crippen LogP) is 2.69. The smallest absolute Gasteiger partial charge is 0.126 e. The summed E-state index contributed by atoms with van der Waals surface area (Å²) in [6.07, 6.45) is 2.72. The van der Waals surface area contributed by atoms with Gasteiger partial charge in [-0.2, -0.15) is 11.3 Å². The summed E-state index contributed by atoms with van der Waals surface area (Å²) < 4.78 is 0. The van der Waals surface area contributed by atoms with Crippen LogP contribution in [0.3, 0.4) is 0 Å². The number of hydrogen-bond acceptors (Lipinski definition) is 4. The van der Waals surface area contributed by atoms with Crippen LogP contribution in [0.4, 0.5) is 11.5 Å². The molecule has 84 valence electrons. The molecule has 0 aliphatic rings. The third-order valence-corrected chi connectivity index (χ3v) is 3.18. The lowest BCUT2D eigenvalue weighted by Crippen LogP contribution is -2.06. The van der Waals surface area contributed by atoms with Crippen molar-refractivity contribution >= 4 is 22.8 Å². The van der Waals surface area contributed by atoms with Crippen LogP contribution in [-0.2, 0) is 6.42 Å². The Morgan fingerprint density at radius 2 is 2.38 bits per heavy atom. The van der Waals surface area contributed by atoms with Crippen molar-refractivity contribution in [2.75, 3.05) is 17.6 Å². The van der Waals surface area contributed by atoms with E-state index in [1.807, 2.05) is 13.0 Å². The lowest BCUT2D eigenvalue weighted by Gasteiger charge is -2.06. The summed E-state index contributed by atoms with van der Waals surface area (Å²) in [6, 6.07) is 4.12. The van der Waals surface area contributed by atoms with Crippen molar-refractivity contribution in [2.45, 2.75) is 13.3 Å². The van der Waals surface area contributed by atoms with Gasteiger partial charge in [0.15, 0.2) is 0 Å². The van der Waals surface area contributed by atoms with Gasteiger partial charge in [-0.3, -0.25) is 0 Å². The maximum absolute atomic E-state index is 5.71. The zero-order valence-electron chi connectivity index (χ0n) is 9.23. The third kappa shape index (κ3) is 2.73. The molecule has 0 aliphatic carbocycles. The summed E-state index contributed by atoms with van der Waals surface area (Å²) in [7, 11) is 0. The number of nitrogen functional groups attached to an aromatic ring is 1. The second-order valence-corrected chi connectivity index (χ2v) is 4.51. The van der Waals surface area contributed by atoms with E-state index >= 15 is 0 Å². The van der Waals surface area contributed by atoms with Crippen LogP contribution in [0.25, 0.3) is 0 Å². The van der Waals surface area contributed by atoms with Crippen LogP contribution in [0.5, 0.6) is 0 Å². The molecule has 0 unspecified atom stereocenters. The van der Waals surface area contributed by atoms with E-state index in [2.05, 4.69) is 27.1 Å². The molecule has 0 spiro atoms. The highest BCUT2D eigenvalue weighted by Crippen LogP contribution is 2.13. The number of nitrogens with one attached hydrogen (secondary N) is 1. The summed E-state index contributed by atoms with van der Waals surface area (Å²) in [5.41, 5.74) is 8.87. The second kappa shape index (κ2) is 4.99. The van der Waals surface area contributed by atoms with Gasteiger partial charge in [0.1, 0.15) is 5.82 Å². The molecule has 0 atom stereocenters. The highest BCUT2D eigenvalue weighted by molar-refractivity contribution is 7.07. The van der Waals surface area contributed by atoms with Crippen molar-refractivity contribution in [3.63, 3.8) is 0 Å². The molecular formula is C12H15N3S. The van der Waals surface area contributed by atoms with E-state index in [0.717, 1.165) is 30.0 Å². The Hall–Kier alpha value is -1.55. The van der Waals surface area contributed by atoms with Crippen LogP contribution in [0.2, 0.25) is 0 Å². The molecular weight excluding hydrogens is 218 g/mol. The fourth-order valence-electron chi connectivity index (χ4n) is 1.43. The van der Waals surface area contributed by atoms with Crippen LogP contribution >= 0.6 is 11.3 Å². The monoisotopic (exact) mass is 233 g/mol. The number of nitrogens with zero attached hydrogens (tertiary/aromatic N) is 1. The van der Waals surface area contributed by atoms with E-state index in [0.29, 0.717) is 0 Å². The molecule has 2 heterocycles. The van der Waals surface area contributed by atoms with Gasteiger partial charge in [0.05, 0.1) is 11.9 Å². The Morgan fingerprint density at radius 3 is 3.06 bits per heavy atom. The standard InChI is InChI=1S/C12H15N3S/c1-9-6-12(15-7-11(9)13)14-4-2-10-3-5-16-8-10/h3,5-8H,2,4,13H2,1H3,(H,14,15). The molecule has 0 radical (unpaired) electrons. The number of rotatable bonds is 4. The van der Waals surface area contributed by atoms with E-state index in [-0.39, 0.29) is 0 Å². The van der Waals surface area contributed by atoms with Gasteiger partial charge in [0.2, 0.25) is 0 Å². The van der Waals surface area contributed by atoms with Crippen molar-refractivity contribution in [3.8, 4) is 0 Å². The molecule has 16 heavy (non-hydrogen) atoms. The topological polar surface area (TPSA) is 50.9 Å². The molecule has 4 heteroatoms. The number of aryl methyl sites for hydroxylation is 1. The first-order valence-electron chi connectivity index (χ1n) is 5.23. The van der Waals surface area contributed by atoms with Gasteiger partial charge < -0.3 is 11.1 Å². The van der Waals surface area contributed by atoms with Crippen LogP contribution < -0.4 is 11.1 Å². The zero-order chi connectivity index (χ0) is 11.4. The van der Waals surface area contributed by atoms with E-state index in [1.54, 1.807) is 17.5 Å². The molecule has 3 N–H and O–H groups in total. The number of anilines is 2. The molecule has 0 aromatic carbocycles. The summed E-state index contributed by atoms with van der Waals surface area (Å²) in [5, 5.41) is 7.56. The first kappa shape index (κ1) is 11.0. The highest BCUT2D eigenvalue weighted by Gasteiger charge is 1.98. The summed E-state index contributed by atoms with van der Waals surface area (Å²) in [4.78, 5) is 4.22. The maximum Gasteiger partial charge on any atom is 0.126 e. The van der Waals surface area contributed by atoms with Gasteiger partial charge in [-0.15, -0.1) is 0 Å². The molecule has 0 amide bonds. The molecule has 2 aromatic heterocycles. The number of thiophene rings is 1. The van der Waals surface area contributed by atoms with Crippen molar-refractivity contribution in [3.05, 3.63) is 40.2 Å². The van der Waals surface area contributed by atoms with Gasteiger partial charge in [0, 0.05) is 6.54 Å². The van der Waals surface area contributed by atoms with Gasteiger partial charge in [-0.05, 0) is 47.4 Å². The molecule has 0 saturated heterocycles. The van der Waals surface area contributed by atoms with Gasteiger partial charge in [-0.1, -0.05) is 0 Å². The summed E-state index contributed by atoms with van der Waals surface area (Å²) >= 11 is 1.73. The largest absolute Gasteiger partial charge is 0.397 e. The Morgan fingerprint density at radius 1 is 1.50 bits per heavy atom. The Bertz CT molecular complexity index is 451. The number of hydrogen-bond donors (Lipinski definition) is 2. The average molecular weight is 233 g/mol. The van der Waals surface area contributed by atoms with Crippen molar-refractivity contribution in [1.82, 2.24) is 4.98 Å². The molecule has 2 rings (SSSR count). The highest BCUT2D eigenvalue weighted by atomic mass is 32.1. The van der Waals surface area contributed by atoms with E-state index in [1.165, 1.54) is 5.56 Å². The van der Waals surface area contributed by atoms with Gasteiger partial charge >= 0.3 is 0 Å². The van der Waals surface area contributed by atoms with Crippen LogP contribution in [-0.4, -0.2) is 11.5 Å². The predicted molar refractivity (Wildman–Crippen MR) is 69.9 cm³/mol. The van der Waals surface area contributed by atoms with E-state index in [4.69, 9.17) is 5.73 Å². The van der Waals surface area contributed by atoms with Gasteiger partial charge in [0.25, 0.3) is 0 Å². The van der Waals surface area contributed by atoms with Crippen LogP contribution in [0, 0.1) is 6.92 Å². The minimum atomic E-state index is 0.739. The Balaban J connectivity index is 1.87. The quantitative estimate of drug-likeness (QED) is 0.853. The molecule has 0 aliphatic heterocycles. The van der Waals surface area contributed by atoms with Crippen LogP contribution in [0.1, 0.15) is 11.1 Å². The molecule has 0 fully saturated rings. The first-order chi connectivity index (χ1) is 7.75. The Kier molecular flexibility index (Phi) is 3.41. The summed E-state index contributed by atoms with van der Waals surface area (Å²) in [5.74, 6) is 0.891. The first-order valence-corrected chi connectivity index (χ1v) is 6.17. The lowest BCUT2D eigenvalue weighted by atomic mass is 10.2. The Labute approximate surface area is 99.3 Å². The van der Waals surface area contributed by atoms with Crippen molar-refractivity contribution in [1.29, 1.82) is 0 Å². The fourth-order valence-corrected chi connectivity index (χ4v) is 2.14.